The van der Waals surface area contributed by atoms with E-state index < -0.39 is 0 Å². The molecule has 19 heavy (non-hydrogen) atoms. The Bertz CT molecular complexity index is 503. The van der Waals surface area contributed by atoms with Crippen molar-refractivity contribution in [1.82, 2.24) is 10.6 Å². The molecule has 2 amide bonds. The van der Waals surface area contributed by atoms with Gasteiger partial charge in [-0.05, 0) is 26.1 Å². The predicted molar refractivity (Wildman–Crippen MR) is 69.2 cm³/mol. The molecule has 0 spiro atoms. The minimum absolute atomic E-state index is 0.0542. The second-order valence-electron chi connectivity index (χ2n) is 4.51. The van der Waals surface area contributed by atoms with Crippen LogP contribution in [-0.4, -0.2) is 32.0 Å². The Kier molecular flexibility index (Phi) is 3.80. The minimum atomic E-state index is -0.372. The summed E-state index contributed by atoms with van der Waals surface area (Å²) in [7, 11) is 1.73. The first-order valence-corrected chi connectivity index (χ1v) is 6.06. The molecule has 1 aliphatic heterocycles. The second kappa shape index (κ2) is 5.36. The summed E-state index contributed by atoms with van der Waals surface area (Å²) >= 11 is 0. The maximum absolute atomic E-state index is 14.0. The molecule has 0 radical (unpaired) electrons. The molecule has 1 saturated heterocycles. The fourth-order valence-electron chi connectivity index (χ4n) is 2.18. The molecule has 0 bridgehead atoms. The number of rotatable bonds is 3. The first kappa shape index (κ1) is 13.5. The molecular weight excluding hydrogens is 249 g/mol. The molecule has 1 aliphatic rings. The molecule has 1 aromatic rings. The highest BCUT2D eigenvalue weighted by Crippen LogP contribution is 2.29. The molecule has 5 nitrogen and oxygen atoms in total. The average Bonchev–Trinajstić information content (AvgIpc) is 2.36. The lowest BCUT2D eigenvalue weighted by Gasteiger charge is -2.30. The number of amides is 2. The number of nitrogens with zero attached hydrogens (tertiary/aromatic N) is 1. The van der Waals surface area contributed by atoms with Gasteiger partial charge in [-0.2, -0.15) is 0 Å². The van der Waals surface area contributed by atoms with E-state index in [0.29, 0.717) is 11.3 Å². The number of imide groups is 1. The van der Waals surface area contributed by atoms with E-state index in [1.54, 1.807) is 24.1 Å². The van der Waals surface area contributed by atoms with E-state index >= 15 is 0 Å². The van der Waals surface area contributed by atoms with Crippen LogP contribution in [-0.2, 0) is 9.59 Å². The number of nitrogens with one attached hydrogen (secondary N) is 2. The SMILES string of the molecule is CNC(C)c1c(F)cccc1N1CC(=O)NC(=O)C1. The maximum Gasteiger partial charge on any atom is 0.246 e. The molecule has 0 saturated carbocycles. The lowest BCUT2D eigenvalue weighted by atomic mass is 10.0. The van der Waals surface area contributed by atoms with Gasteiger partial charge in [-0.1, -0.05) is 6.07 Å². The van der Waals surface area contributed by atoms with E-state index in [1.165, 1.54) is 6.07 Å². The van der Waals surface area contributed by atoms with Crippen LogP contribution >= 0.6 is 0 Å². The van der Waals surface area contributed by atoms with Crippen LogP contribution in [0.3, 0.4) is 0 Å². The van der Waals surface area contributed by atoms with Crippen LogP contribution in [0.1, 0.15) is 18.5 Å². The van der Waals surface area contributed by atoms with E-state index in [9.17, 15) is 14.0 Å². The summed E-state index contributed by atoms with van der Waals surface area (Å²) in [5.74, 6) is -1.09. The third-order valence-electron chi connectivity index (χ3n) is 3.18. The fourth-order valence-corrected chi connectivity index (χ4v) is 2.18. The van der Waals surface area contributed by atoms with Gasteiger partial charge in [0.2, 0.25) is 11.8 Å². The summed E-state index contributed by atoms with van der Waals surface area (Å²) in [5.41, 5.74) is 1.04. The fraction of sp³-hybridized carbons (Fsp3) is 0.385. The number of benzene rings is 1. The van der Waals surface area contributed by atoms with Crippen molar-refractivity contribution in [2.75, 3.05) is 25.0 Å². The molecule has 2 rings (SSSR count). The Labute approximate surface area is 110 Å². The monoisotopic (exact) mass is 265 g/mol. The van der Waals surface area contributed by atoms with Gasteiger partial charge in [-0.25, -0.2) is 4.39 Å². The van der Waals surface area contributed by atoms with Gasteiger partial charge in [0.1, 0.15) is 5.82 Å². The normalized spacial score (nSPS) is 17.3. The van der Waals surface area contributed by atoms with Gasteiger partial charge in [-0.15, -0.1) is 0 Å². The zero-order chi connectivity index (χ0) is 14.0. The molecule has 1 aromatic carbocycles. The van der Waals surface area contributed by atoms with E-state index in [2.05, 4.69) is 10.6 Å². The van der Waals surface area contributed by atoms with Crippen molar-refractivity contribution in [3.63, 3.8) is 0 Å². The number of hydrogen-bond acceptors (Lipinski definition) is 4. The quantitative estimate of drug-likeness (QED) is 0.784. The highest BCUT2D eigenvalue weighted by Gasteiger charge is 2.26. The van der Waals surface area contributed by atoms with Gasteiger partial charge in [-0.3, -0.25) is 14.9 Å². The molecular formula is C13H16FN3O2. The summed E-state index contributed by atoms with van der Waals surface area (Å²) < 4.78 is 14.0. The predicted octanol–water partition coefficient (Wildman–Crippen LogP) is 0.569. The molecule has 6 heteroatoms. The summed E-state index contributed by atoms with van der Waals surface area (Å²) in [6.45, 7) is 1.94. The number of carbonyl (C=O) groups excluding carboxylic acids is 2. The minimum Gasteiger partial charge on any atom is -0.353 e. The summed E-state index contributed by atoms with van der Waals surface area (Å²) in [5, 5.41) is 5.20. The van der Waals surface area contributed by atoms with E-state index in [0.717, 1.165) is 0 Å². The molecule has 1 unspecified atom stereocenters. The van der Waals surface area contributed by atoms with E-state index in [-0.39, 0.29) is 36.8 Å². The Morgan fingerprint density at radius 1 is 1.32 bits per heavy atom. The second-order valence-corrected chi connectivity index (χ2v) is 4.51. The van der Waals surface area contributed by atoms with Gasteiger partial charge < -0.3 is 10.2 Å². The third kappa shape index (κ3) is 2.73. The van der Waals surface area contributed by atoms with Crippen LogP contribution in [0.5, 0.6) is 0 Å². The van der Waals surface area contributed by atoms with Gasteiger partial charge in [0.25, 0.3) is 0 Å². The van der Waals surface area contributed by atoms with Crippen LogP contribution in [0, 0.1) is 5.82 Å². The van der Waals surface area contributed by atoms with Crippen LogP contribution in [0.25, 0.3) is 0 Å². The van der Waals surface area contributed by atoms with Crippen molar-refractivity contribution in [2.24, 2.45) is 0 Å². The van der Waals surface area contributed by atoms with Crippen LogP contribution in [0.4, 0.5) is 10.1 Å². The number of hydrogen-bond donors (Lipinski definition) is 2. The lowest BCUT2D eigenvalue weighted by molar-refractivity contribution is -0.130. The number of carbonyl (C=O) groups is 2. The molecule has 1 atom stereocenters. The molecule has 0 aliphatic carbocycles. The third-order valence-corrected chi connectivity index (χ3v) is 3.18. The summed E-state index contributed by atoms with van der Waals surface area (Å²) in [4.78, 5) is 24.4. The summed E-state index contributed by atoms with van der Waals surface area (Å²) in [6, 6.07) is 4.46. The molecule has 1 fully saturated rings. The largest absolute Gasteiger partial charge is 0.353 e. The number of anilines is 1. The highest BCUT2D eigenvalue weighted by molar-refractivity contribution is 6.02. The molecule has 1 heterocycles. The Balaban J connectivity index is 2.41. The Hall–Kier alpha value is -1.95. The number of halogens is 1. The Morgan fingerprint density at radius 2 is 1.95 bits per heavy atom. The van der Waals surface area contributed by atoms with Crippen molar-refractivity contribution in [1.29, 1.82) is 0 Å². The zero-order valence-corrected chi connectivity index (χ0v) is 10.9. The molecule has 2 N–H and O–H groups in total. The lowest BCUT2D eigenvalue weighted by Crippen LogP contribution is -2.51. The van der Waals surface area contributed by atoms with E-state index in [4.69, 9.17) is 0 Å². The topological polar surface area (TPSA) is 61.4 Å². The standard InChI is InChI=1S/C13H16FN3O2/c1-8(15-2)13-9(14)4-3-5-10(13)17-6-11(18)16-12(19)7-17/h3-5,8,15H,6-7H2,1-2H3,(H,16,18,19). The highest BCUT2D eigenvalue weighted by atomic mass is 19.1. The first-order chi connectivity index (χ1) is 9.02. The Morgan fingerprint density at radius 3 is 2.53 bits per heavy atom. The van der Waals surface area contributed by atoms with Crippen LogP contribution < -0.4 is 15.5 Å². The van der Waals surface area contributed by atoms with Crippen LogP contribution in [0.15, 0.2) is 18.2 Å². The zero-order valence-electron chi connectivity index (χ0n) is 10.9. The van der Waals surface area contributed by atoms with Crippen molar-refractivity contribution >= 4 is 17.5 Å². The van der Waals surface area contributed by atoms with Crippen molar-refractivity contribution in [2.45, 2.75) is 13.0 Å². The van der Waals surface area contributed by atoms with Crippen molar-refractivity contribution in [3.8, 4) is 0 Å². The van der Waals surface area contributed by atoms with Crippen molar-refractivity contribution < 1.29 is 14.0 Å². The van der Waals surface area contributed by atoms with Crippen molar-refractivity contribution in [3.05, 3.63) is 29.6 Å². The van der Waals surface area contributed by atoms with Gasteiger partial charge in [0.05, 0.1) is 13.1 Å². The molecule has 0 aromatic heterocycles. The molecule has 102 valence electrons. The van der Waals surface area contributed by atoms with E-state index in [1.807, 2.05) is 6.92 Å². The van der Waals surface area contributed by atoms with Gasteiger partial charge in [0, 0.05) is 17.3 Å². The first-order valence-electron chi connectivity index (χ1n) is 6.06. The number of piperazine rings is 1. The van der Waals surface area contributed by atoms with Gasteiger partial charge in [0.15, 0.2) is 0 Å². The summed E-state index contributed by atoms with van der Waals surface area (Å²) in [6.07, 6.45) is 0. The average molecular weight is 265 g/mol. The smallest absolute Gasteiger partial charge is 0.246 e. The van der Waals surface area contributed by atoms with Gasteiger partial charge >= 0.3 is 0 Å². The maximum atomic E-state index is 14.0. The van der Waals surface area contributed by atoms with Crippen LogP contribution in [0.2, 0.25) is 0 Å².